The average Bonchev–Trinajstić information content (AvgIpc) is 2.86. The van der Waals surface area contributed by atoms with Crippen LogP contribution in [-0.4, -0.2) is 27.5 Å². The third-order valence-corrected chi connectivity index (χ3v) is 4.33. The summed E-state index contributed by atoms with van der Waals surface area (Å²) >= 11 is 1.42. The summed E-state index contributed by atoms with van der Waals surface area (Å²) in [6.07, 6.45) is 6.23. The first kappa shape index (κ1) is 15.5. The summed E-state index contributed by atoms with van der Waals surface area (Å²) < 4.78 is 0. The Bertz CT molecular complexity index is 741. The van der Waals surface area contributed by atoms with Gasteiger partial charge in [0.2, 0.25) is 0 Å². The Morgan fingerprint density at radius 2 is 1.91 bits per heavy atom. The average molecular weight is 323 g/mol. The maximum absolute atomic E-state index is 12.6. The standard InChI is InChI=1S/C18H17N3OS/c1-2-12-21-17(22)16(13-14-8-10-19-11-9-14)23-18(21)20-15-6-4-3-5-7-15/h3-11,13H,2,12H2,1H3/b16-13+,20-18?. The molecule has 1 aromatic carbocycles. The van der Waals surface area contributed by atoms with Crippen molar-refractivity contribution in [2.24, 2.45) is 4.99 Å². The number of benzene rings is 1. The maximum atomic E-state index is 12.6. The summed E-state index contributed by atoms with van der Waals surface area (Å²) in [5.74, 6) is 0.0170. The molecule has 3 rings (SSSR count). The molecule has 0 radical (unpaired) electrons. The number of amidine groups is 1. The quantitative estimate of drug-likeness (QED) is 0.796. The van der Waals surface area contributed by atoms with Gasteiger partial charge in [-0.25, -0.2) is 4.99 Å². The molecule has 0 bridgehead atoms. The molecule has 1 aliphatic heterocycles. The molecule has 23 heavy (non-hydrogen) atoms. The number of hydrogen-bond donors (Lipinski definition) is 0. The molecule has 1 fully saturated rings. The topological polar surface area (TPSA) is 45.6 Å². The lowest BCUT2D eigenvalue weighted by molar-refractivity contribution is -0.122. The van der Waals surface area contributed by atoms with Gasteiger partial charge in [0.05, 0.1) is 10.6 Å². The third kappa shape index (κ3) is 3.68. The molecule has 0 atom stereocenters. The van der Waals surface area contributed by atoms with Crippen LogP contribution in [0.15, 0.2) is 64.8 Å². The first-order chi connectivity index (χ1) is 11.3. The second-order valence-corrected chi connectivity index (χ2v) is 6.09. The van der Waals surface area contributed by atoms with E-state index in [1.807, 2.05) is 48.5 Å². The van der Waals surface area contributed by atoms with Gasteiger partial charge in [0.1, 0.15) is 0 Å². The van der Waals surface area contributed by atoms with Gasteiger partial charge in [0.25, 0.3) is 5.91 Å². The minimum Gasteiger partial charge on any atom is -0.286 e. The number of rotatable bonds is 4. The lowest BCUT2D eigenvalue weighted by Gasteiger charge is -2.13. The molecule has 116 valence electrons. The summed E-state index contributed by atoms with van der Waals surface area (Å²) in [5, 5.41) is 0.739. The minimum atomic E-state index is 0.0170. The number of carbonyl (C=O) groups excluding carboxylic acids is 1. The van der Waals surface area contributed by atoms with Crippen molar-refractivity contribution in [2.75, 3.05) is 6.54 Å². The number of aromatic nitrogens is 1. The summed E-state index contributed by atoms with van der Waals surface area (Å²) in [6.45, 7) is 2.73. The van der Waals surface area contributed by atoms with Crippen LogP contribution in [0.3, 0.4) is 0 Å². The summed E-state index contributed by atoms with van der Waals surface area (Å²) in [5.41, 5.74) is 1.82. The summed E-state index contributed by atoms with van der Waals surface area (Å²) in [7, 11) is 0. The number of carbonyl (C=O) groups is 1. The molecular weight excluding hydrogens is 306 g/mol. The van der Waals surface area contributed by atoms with Crippen molar-refractivity contribution in [3.05, 3.63) is 65.3 Å². The Morgan fingerprint density at radius 1 is 1.17 bits per heavy atom. The number of thioether (sulfide) groups is 1. The zero-order valence-electron chi connectivity index (χ0n) is 12.8. The number of hydrogen-bond acceptors (Lipinski definition) is 4. The van der Waals surface area contributed by atoms with Crippen molar-refractivity contribution in [3.8, 4) is 0 Å². The van der Waals surface area contributed by atoms with Crippen LogP contribution in [0.1, 0.15) is 18.9 Å². The second kappa shape index (κ2) is 7.24. The van der Waals surface area contributed by atoms with Crippen LogP contribution >= 0.6 is 11.8 Å². The lowest BCUT2D eigenvalue weighted by Crippen LogP contribution is -2.29. The smallest absolute Gasteiger partial charge is 0.266 e. The Hall–Kier alpha value is -2.40. The molecule has 2 heterocycles. The van der Waals surface area contributed by atoms with Gasteiger partial charge in [-0.1, -0.05) is 25.1 Å². The van der Waals surface area contributed by atoms with Crippen molar-refractivity contribution >= 4 is 34.6 Å². The van der Waals surface area contributed by atoms with Gasteiger partial charge in [-0.3, -0.25) is 14.7 Å². The molecule has 0 saturated carbocycles. The molecule has 2 aromatic rings. The molecule has 1 aliphatic rings. The van der Waals surface area contributed by atoms with Crippen LogP contribution in [0, 0.1) is 0 Å². The van der Waals surface area contributed by atoms with Crippen molar-refractivity contribution in [1.82, 2.24) is 9.88 Å². The van der Waals surface area contributed by atoms with Gasteiger partial charge in [0.15, 0.2) is 5.17 Å². The number of amides is 1. The molecule has 4 nitrogen and oxygen atoms in total. The number of para-hydroxylation sites is 1. The highest BCUT2D eigenvalue weighted by Gasteiger charge is 2.32. The van der Waals surface area contributed by atoms with Crippen molar-refractivity contribution in [1.29, 1.82) is 0 Å². The van der Waals surface area contributed by atoms with E-state index in [9.17, 15) is 4.79 Å². The fraction of sp³-hybridized carbons (Fsp3) is 0.167. The van der Waals surface area contributed by atoms with Crippen LogP contribution in [0.2, 0.25) is 0 Å². The van der Waals surface area contributed by atoms with Gasteiger partial charge in [-0.05, 0) is 54.1 Å². The molecule has 0 N–H and O–H groups in total. The molecule has 1 amide bonds. The molecule has 0 unspecified atom stereocenters. The Balaban J connectivity index is 1.93. The van der Waals surface area contributed by atoms with E-state index < -0.39 is 0 Å². The monoisotopic (exact) mass is 323 g/mol. The van der Waals surface area contributed by atoms with Gasteiger partial charge < -0.3 is 0 Å². The molecule has 0 aliphatic carbocycles. The van der Waals surface area contributed by atoms with Gasteiger partial charge in [-0.15, -0.1) is 0 Å². The Kier molecular flexibility index (Phi) is 4.88. The van der Waals surface area contributed by atoms with E-state index in [4.69, 9.17) is 0 Å². The highest BCUT2D eigenvalue weighted by molar-refractivity contribution is 8.18. The zero-order chi connectivity index (χ0) is 16.1. The van der Waals surface area contributed by atoms with Crippen LogP contribution in [-0.2, 0) is 4.79 Å². The third-order valence-electron chi connectivity index (χ3n) is 3.32. The molecular formula is C18H17N3OS. The SMILES string of the molecule is CCCN1C(=O)/C(=C\c2ccncc2)SC1=Nc1ccccc1. The normalized spacial score (nSPS) is 18.1. The fourth-order valence-corrected chi connectivity index (χ4v) is 3.26. The predicted octanol–water partition coefficient (Wildman–Crippen LogP) is 4.10. The van der Waals surface area contributed by atoms with Crippen LogP contribution in [0.5, 0.6) is 0 Å². The van der Waals surface area contributed by atoms with Gasteiger partial charge >= 0.3 is 0 Å². The Labute approximate surface area is 140 Å². The van der Waals surface area contributed by atoms with Gasteiger partial charge in [-0.2, -0.15) is 0 Å². The largest absolute Gasteiger partial charge is 0.286 e. The fourth-order valence-electron chi connectivity index (χ4n) is 2.24. The highest BCUT2D eigenvalue weighted by atomic mass is 32.2. The second-order valence-electron chi connectivity index (χ2n) is 5.08. The van der Waals surface area contributed by atoms with E-state index in [1.165, 1.54) is 11.8 Å². The first-order valence-corrected chi connectivity index (χ1v) is 8.35. The highest BCUT2D eigenvalue weighted by Crippen LogP contribution is 2.34. The molecule has 5 heteroatoms. The van der Waals surface area contributed by atoms with E-state index in [1.54, 1.807) is 17.3 Å². The number of aliphatic imine (C=N–C) groups is 1. The van der Waals surface area contributed by atoms with E-state index in [2.05, 4.69) is 16.9 Å². The Morgan fingerprint density at radius 3 is 2.61 bits per heavy atom. The van der Waals surface area contributed by atoms with E-state index in [-0.39, 0.29) is 5.91 Å². The number of pyridine rings is 1. The van der Waals surface area contributed by atoms with E-state index in [0.29, 0.717) is 11.4 Å². The maximum Gasteiger partial charge on any atom is 0.266 e. The summed E-state index contributed by atoms with van der Waals surface area (Å²) in [4.78, 5) is 23.7. The number of nitrogens with zero attached hydrogens (tertiary/aromatic N) is 3. The van der Waals surface area contributed by atoms with Crippen molar-refractivity contribution < 1.29 is 4.79 Å². The molecule has 0 spiro atoms. The zero-order valence-corrected chi connectivity index (χ0v) is 13.7. The lowest BCUT2D eigenvalue weighted by atomic mass is 10.2. The predicted molar refractivity (Wildman–Crippen MR) is 95.3 cm³/mol. The van der Waals surface area contributed by atoms with Crippen LogP contribution in [0.4, 0.5) is 5.69 Å². The van der Waals surface area contributed by atoms with Gasteiger partial charge in [0, 0.05) is 18.9 Å². The van der Waals surface area contributed by atoms with Crippen molar-refractivity contribution in [2.45, 2.75) is 13.3 Å². The van der Waals surface area contributed by atoms with Crippen LogP contribution < -0.4 is 0 Å². The minimum absolute atomic E-state index is 0.0170. The van der Waals surface area contributed by atoms with Crippen molar-refractivity contribution in [3.63, 3.8) is 0 Å². The summed E-state index contributed by atoms with van der Waals surface area (Å²) in [6, 6.07) is 13.5. The molecule has 1 saturated heterocycles. The first-order valence-electron chi connectivity index (χ1n) is 7.53. The molecule has 1 aromatic heterocycles. The van der Waals surface area contributed by atoms with E-state index >= 15 is 0 Å². The van der Waals surface area contributed by atoms with Crippen LogP contribution in [0.25, 0.3) is 6.08 Å². The van der Waals surface area contributed by atoms with E-state index in [0.717, 1.165) is 22.8 Å².